The fourth-order valence-corrected chi connectivity index (χ4v) is 5.05. The molecule has 1 N–H and O–H groups in total. The monoisotopic (exact) mass is 487 g/mol. The number of hydrogen-bond acceptors (Lipinski definition) is 5. The average molecular weight is 488 g/mol. The molecule has 0 saturated carbocycles. The van der Waals surface area contributed by atoms with Gasteiger partial charge in [0.05, 0.1) is 19.5 Å². The van der Waals surface area contributed by atoms with Gasteiger partial charge in [0.1, 0.15) is 11.9 Å². The molecule has 7 nitrogen and oxygen atoms in total. The number of carbonyl (C=O) groups is 1. The van der Waals surface area contributed by atoms with Gasteiger partial charge in [-0.25, -0.2) is 4.98 Å². The molecule has 1 amide bonds. The van der Waals surface area contributed by atoms with E-state index in [1.165, 1.54) is 6.92 Å². The molecular formula is C24H26ClN3O4S. The van der Waals surface area contributed by atoms with Crippen LogP contribution in [0.15, 0.2) is 72.1 Å². The molecule has 2 heterocycles. The lowest BCUT2D eigenvalue weighted by molar-refractivity contribution is -0.180. The summed E-state index contributed by atoms with van der Waals surface area (Å²) in [5.41, 5.74) is 1.81. The first kappa shape index (κ1) is 23.8. The number of aromatic nitrogens is 2. The molecule has 0 aliphatic carbocycles. The highest BCUT2D eigenvalue weighted by atomic mass is 35.5. The van der Waals surface area contributed by atoms with Crippen LogP contribution in [-0.2, 0) is 38.4 Å². The van der Waals surface area contributed by atoms with Gasteiger partial charge >= 0.3 is 0 Å². The summed E-state index contributed by atoms with van der Waals surface area (Å²) in [6.07, 6.45) is 6.43. The second-order valence-electron chi connectivity index (χ2n) is 8.04. The SMILES string of the molecule is CC(=O)Nc1ccc([S+]([O-])C[C@@H]2CO[C@](CCc3ccc(Cl)cc3)(Cn3ccnc3)O2)cc1. The van der Waals surface area contributed by atoms with Gasteiger partial charge in [-0.2, -0.15) is 0 Å². The lowest BCUT2D eigenvalue weighted by atomic mass is 10.0. The predicted molar refractivity (Wildman–Crippen MR) is 128 cm³/mol. The standard InChI is InChI=1S/C24H26ClN3O4S/c1-18(29)27-21-6-8-23(9-7-21)33(30)15-22-14-31-24(32-22,16-28-13-12-26-17-28)11-10-19-2-4-20(25)5-3-19/h2-9,12-13,17,22H,10-11,14-16H2,1H3,(H,27,29)/t22-,24-,33?/m0/s1. The third-order valence-electron chi connectivity index (χ3n) is 5.38. The Hall–Kier alpha value is -2.36. The molecule has 1 aliphatic rings. The van der Waals surface area contributed by atoms with Crippen molar-refractivity contribution >= 4 is 34.4 Å². The highest BCUT2D eigenvalue weighted by Gasteiger charge is 2.43. The largest absolute Gasteiger partial charge is 0.611 e. The molecule has 4 rings (SSSR count). The van der Waals surface area contributed by atoms with E-state index in [0.717, 1.165) is 12.0 Å². The fourth-order valence-electron chi connectivity index (χ4n) is 3.79. The summed E-state index contributed by atoms with van der Waals surface area (Å²) in [4.78, 5) is 16.0. The average Bonchev–Trinajstić information content (AvgIpc) is 3.44. The number of anilines is 1. The highest BCUT2D eigenvalue weighted by Crippen LogP contribution is 2.32. The quantitative estimate of drug-likeness (QED) is 0.460. The maximum absolute atomic E-state index is 12.9. The third-order valence-corrected chi connectivity index (χ3v) is 7.10. The van der Waals surface area contributed by atoms with E-state index in [1.807, 2.05) is 35.0 Å². The maximum Gasteiger partial charge on any atom is 0.221 e. The van der Waals surface area contributed by atoms with Crippen molar-refractivity contribution in [2.75, 3.05) is 17.7 Å². The Kier molecular flexibility index (Phi) is 7.72. The van der Waals surface area contributed by atoms with Crippen LogP contribution in [0.5, 0.6) is 0 Å². The first-order valence-corrected chi connectivity index (χ1v) is 12.4. The van der Waals surface area contributed by atoms with Gasteiger partial charge in [-0.3, -0.25) is 4.79 Å². The molecule has 3 atom stereocenters. The summed E-state index contributed by atoms with van der Waals surface area (Å²) in [6, 6.07) is 14.8. The Morgan fingerprint density at radius 2 is 2.03 bits per heavy atom. The van der Waals surface area contributed by atoms with Crippen molar-refractivity contribution in [1.29, 1.82) is 0 Å². The molecule has 1 aromatic heterocycles. The molecule has 1 saturated heterocycles. The lowest BCUT2D eigenvalue weighted by Crippen LogP contribution is -2.37. The number of halogens is 1. The molecule has 9 heteroatoms. The van der Waals surface area contributed by atoms with Crippen molar-refractivity contribution in [2.45, 2.75) is 43.1 Å². The van der Waals surface area contributed by atoms with E-state index in [4.69, 9.17) is 21.1 Å². The van der Waals surface area contributed by atoms with Gasteiger partial charge in [-0.05, 0) is 59.6 Å². The van der Waals surface area contributed by atoms with Gasteiger partial charge < -0.3 is 23.9 Å². The van der Waals surface area contributed by atoms with Gasteiger partial charge in [0.15, 0.2) is 10.7 Å². The molecule has 1 fully saturated rings. The summed E-state index contributed by atoms with van der Waals surface area (Å²) in [6.45, 7) is 2.31. The summed E-state index contributed by atoms with van der Waals surface area (Å²) in [5, 5.41) is 3.41. The third kappa shape index (κ3) is 6.59. The minimum absolute atomic E-state index is 0.145. The Labute approximate surface area is 201 Å². The van der Waals surface area contributed by atoms with Crippen molar-refractivity contribution in [1.82, 2.24) is 9.55 Å². The number of carbonyl (C=O) groups excluding carboxylic acids is 1. The fraction of sp³-hybridized carbons (Fsp3) is 0.333. The van der Waals surface area contributed by atoms with Crippen LogP contribution < -0.4 is 5.32 Å². The number of ether oxygens (including phenoxy) is 2. The van der Waals surface area contributed by atoms with E-state index < -0.39 is 17.0 Å². The minimum Gasteiger partial charge on any atom is -0.611 e. The van der Waals surface area contributed by atoms with Crippen molar-refractivity contribution in [3.8, 4) is 0 Å². The van der Waals surface area contributed by atoms with Crippen LogP contribution in [0.2, 0.25) is 5.02 Å². The van der Waals surface area contributed by atoms with Crippen LogP contribution in [0.25, 0.3) is 0 Å². The number of amides is 1. The number of benzene rings is 2. The Balaban J connectivity index is 1.40. The van der Waals surface area contributed by atoms with Crippen molar-refractivity contribution in [3.05, 3.63) is 77.8 Å². The van der Waals surface area contributed by atoms with Gasteiger partial charge in [0.25, 0.3) is 0 Å². The van der Waals surface area contributed by atoms with Gasteiger partial charge in [0, 0.05) is 36.4 Å². The van der Waals surface area contributed by atoms with E-state index in [9.17, 15) is 9.35 Å². The van der Waals surface area contributed by atoms with Crippen molar-refractivity contribution in [3.63, 3.8) is 0 Å². The smallest absolute Gasteiger partial charge is 0.221 e. The second-order valence-corrected chi connectivity index (χ2v) is 9.97. The van der Waals surface area contributed by atoms with E-state index in [1.54, 1.807) is 36.8 Å². The summed E-state index contributed by atoms with van der Waals surface area (Å²) in [7, 11) is 0. The van der Waals surface area contributed by atoms with E-state index in [-0.39, 0.29) is 12.0 Å². The molecule has 0 radical (unpaired) electrons. The van der Waals surface area contributed by atoms with Crippen LogP contribution in [0, 0.1) is 0 Å². The molecule has 3 aromatic rings. The molecule has 0 bridgehead atoms. The van der Waals surface area contributed by atoms with Gasteiger partial charge in [-0.15, -0.1) is 0 Å². The number of aryl methyl sites for hydroxylation is 1. The molecule has 174 valence electrons. The van der Waals surface area contributed by atoms with E-state index in [0.29, 0.717) is 40.9 Å². The molecule has 1 unspecified atom stereocenters. The van der Waals surface area contributed by atoms with Crippen LogP contribution in [0.3, 0.4) is 0 Å². The normalized spacial score (nSPS) is 21.1. The number of nitrogens with one attached hydrogen (secondary N) is 1. The molecule has 0 spiro atoms. The first-order valence-electron chi connectivity index (χ1n) is 10.7. The van der Waals surface area contributed by atoms with Crippen molar-refractivity contribution < 1.29 is 18.8 Å². The second kappa shape index (κ2) is 10.7. The zero-order chi connectivity index (χ0) is 23.3. The molecule has 33 heavy (non-hydrogen) atoms. The Morgan fingerprint density at radius 1 is 1.27 bits per heavy atom. The summed E-state index contributed by atoms with van der Waals surface area (Å²) < 4.78 is 27.4. The number of rotatable bonds is 9. The minimum atomic E-state index is -1.26. The number of hydrogen-bond donors (Lipinski definition) is 1. The molecule has 1 aliphatic heterocycles. The van der Waals surface area contributed by atoms with E-state index >= 15 is 0 Å². The van der Waals surface area contributed by atoms with Gasteiger partial charge in [-0.1, -0.05) is 23.7 Å². The lowest BCUT2D eigenvalue weighted by Gasteiger charge is -2.28. The highest BCUT2D eigenvalue weighted by molar-refractivity contribution is 7.91. The van der Waals surface area contributed by atoms with Crippen LogP contribution in [-0.4, -0.2) is 44.3 Å². The maximum atomic E-state index is 12.9. The summed E-state index contributed by atoms with van der Waals surface area (Å²) in [5.74, 6) is -0.649. The predicted octanol–water partition coefficient (Wildman–Crippen LogP) is 4.05. The first-order chi connectivity index (χ1) is 15.9. The molecular weight excluding hydrogens is 462 g/mol. The zero-order valence-electron chi connectivity index (χ0n) is 18.3. The van der Waals surface area contributed by atoms with Crippen molar-refractivity contribution in [2.24, 2.45) is 0 Å². The topological polar surface area (TPSA) is 88.4 Å². The molecule has 2 aromatic carbocycles. The van der Waals surface area contributed by atoms with Crippen LogP contribution in [0.4, 0.5) is 5.69 Å². The van der Waals surface area contributed by atoms with Crippen LogP contribution in [0.1, 0.15) is 18.9 Å². The van der Waals surface area contributed by atoms with Gasteiger partial charge in [0.2, 0.25) is 5.91 Å². The number of imidazole rings is 1. The zero-order valence-corrected chi connectivity index (χ0v) is 19.8. The Bertz CT molecular complexity index is 1050. The van der Waals surface area contributed by atoms with Crippen LogP contribution >= 0.6 is 11.6 Å². The Morgan fingerprint density at radius 3 is 2.70 bits per heavy atom. The van der Waals surface area contributed by atoms with E-state index in [2.05, 4.69) is 10.3 Å². The summed E-state index contributed by atoms with van der Waals surface area (Å²) >= 11 is 4.74. The number of nitrogens with zero attached hydrogens (tertiary/aromatic N) is 2.